The van der Waals surface area contributed by atoms with Gasteiger partial charge >= 0.3 is 0 Å². The summed E-state index contributed by atoms with van der Waals surface area (Å²) in [6.45, 7) is 13.4. The number of nitrogens with zero attached hydrogens (tertiary/aromatic N) is 3. The number of carbonyl (C=O) groups is 1. The minimum Gasteiger partial charge on any atom is -0.363 e. The third-order valence-electron chi connectivity index (χ3n) is 5.03. The minimum atomic E-state index is -0.0875. The second kappa shape index (κ2) is 7.49. The van der Waals surface area contributed by atoms with E-state index in [1.54, 1.807) is 18.3 Å². The van der Waals surface area contributed by atoms with E-state index in [1.807, 2.05) is 13.1 Å². The third-order valence-corrected chi connectivity index (χ3v) is 5.03. The van der Waals surface area contributed by atoms with Crippen LogP contribution in [0.4, 0.5) is 5.82 Å². The Balaban J connectivity index is 1.91. The van der Waals surface area contributed by atoms with Crippen LogP contribution in [0.15, 0.2) is 24.5 Å². The molecule has 150 valence electrons. The molecule has 0 aromatic carbocycles. The Labute approximate surface area is 167 Å². The van der Waals surface area contributed by atoms with Crippen LogP contribution in [0.3, 0.4) is 0 Å². The largest absolute Gasteiger partial charge is 0.363 e. The van der Waals surface area contributed by atoms with Gasteiger partial charge in [0.25, 0.3) is 5.91 Å². The van der Waals surface area contributed by atoms with Crippen LogP contribution in [0, 0.1) is 5.41 Å². The lowest BCUT2D eigenvalue weighted by Gasteiger charge is -2.37. The normalized spacial score (nSPS) is 18.3. The maximum atomic E-state index is 12.1. The van der Waals surface area contributed by atoms with Crippen molar-refractivity contribution in [1.29, 1.82) is 0 Å². The molecule has 0 radical (unpaired) electrons. The first-order valence-electron chi connectivity index (χ1n) is 9.96. The number of carbonyl (C=O) groups excluding carboxylic acids is 1. The molecule has 1 unspecified atom stereocenters. The quantitative estimate of drug-likeness (QED) is 0.835. The minimum absolute atomic E-state index is 0.0600. The average Bonchev–Trinajstić information content (AvgIpc) is 2.60. The van der Waals surface area contributed by atoms with Crippen LogP contribution >= 0.6 is 0 Å². The van der Waals surface area contributed by atoms with E-state index in [0.29, 0.717) is 17.9 Å². The average molecular weight is 382 g/mol. The van der Waals surface area contributed by atoms with Crippen molar-refractivity contribution in [2.75, 3.05) is 11.9 Å². The standard InChI is InChI=1S/C22H31N5O/c1-7-23-19(28)14-8-9-24-18(10-14)26-16-11-22(5,6)12-17-15(16)13-25-20(27-17)21(2,3)4/h8-10,13,16H,7,11-12H2,1-6H3,(H,23,28)(H,24,26). The Hall–Kier alpha value is -2.50. The molecule has 0 spiro atoms. The second-order valence-electron chi connectivity index (χ2n) is 9.38. The van der Waals surface area contributed by atoms with E-state index in [-0.39, 0.29) is 22.8 Å². The Morgan fingerprint density at radius 3 is 2.71 bits per heavy atom. The topological polar surface area (TPSA) is 79.8 Å². The van der Waals surface area contributed by atoms with Gasteiger partial charge in [0.2, 0.25) is 0 Å². The number of pyridine rings is 1. The number of amides is 1. The lowest BCUT2D eigenvalue weighted by atomic mass is 9.74. The summed E-state index contributed by atoms with van der Waals surface area (Å²) in [6.07, 6.45) is 5.51. The first kappa shape index (κ1) is 20.2. The van der Waals surface area contributed by atoms with E-state index in [2.05, 4.69) is 55.2 Å². The highest BCUT2D eigenvalue weighted by molar-refractivity contribution is 5.94. The molecule has 1 atom stereocenters. The molecule has 3 rings (SSSR count). The number of aromatic nitrogens is 3. The van der Waals surface area contributed by atoms with Crippen molar-refractivity contribution in [2.24, 2.45) is 5.41 Å². The molecule has 1 aliphatic carbocycles. The van der Waals surface area contributed by atoms with Crippen molar-refractivity contribution in [3.05, 3.63) is 47.2 Å². The summed E-state index contributed by atoms with van der Waals surface area (Å²) in [5, 5.41) is 6.34. The van der Waals surface area contributed by atoms with Crippen LogP contribution < -0.4 is 10.6 Å². The van der Waals surface area contributed by atoms with E-state index in [9.17, 15) is 4.79 Å². The maximum absolute atomic E-state index is 12.1. The number of anilines is 1. The molecule has 2 aromatic rings. The molecular formula is C22H31N5O. The molecule has 1 aliphatic rings. The SMILES string of the molecule is CCNC(=O)c1ccnc(NC2CC(C)(C)Cc3nc(C(C)(C)C)ncc32)c1. The van der Waals surface area contributed by atoms with Gasteiger partial charge in [-0.1, -0.05) is 34.6 Å². The predicted molar refractivity (Wildman–Crippen MR) is 111 cm³/mol. The Bertz CT molecular complexity index is 869. The fourth-order valence-corrected chi connectivity index (χ4v) is 3.63. The molecule has 2 heterocycles. The van der Waals surface area contributed by atoms with Crippen molar-refractivity contribution >= 4 is 11.7 Å². The van der Waals surface area contributed by atoms with Crippen LogP contribution in [-0.4, -0.2) is 27.4 Å². The molecule has 0 saturated carbocycles. The zero-order valence-electron chi connectivity index (χ0n) is 17.8. The molecule has 2 N–H and O–H groups in total. The van der Waals surface area contributed by atoms with Crippen LogP contribution in [0.2, 0.25) is 0 Å². The van der Waals surface area contributed by atoms with Crippen LogP contribution in [0.5, 0.6) is 0 Å². The molecule has 1 amide bonds. The fourth-order valence-electron chi connectivity index (χ4n) is 3.63. The highest BCUT2D eigenvalue weighted by Crippen LogP contribution is 2.41. The van der Waals surface area contributed by atoms with Gasteiger partial charge < -0.3 is 10.6 Å². The van der Waals surface area contributed by atoms with Gasteiger partial charge in [-0.2, -0.15) is 0 Å². The summed E-state index contributed by atoms with van der Waals surface area (Å²) >= 11 is 0. The van der Waals surface area contributed by atoms with Gasteiger partial charge in [0.05, 0.1) is 6.04 Å². The Kier molecular flexibility index (Phi) is 5.41. The molecule has 28 heavy (non-hydrogen) atoms. The van der Waals surface area contributed by atoms with Crippen molar-refractivity contribution < 1.29 is 4.79 Å². The van der Waals surface area contributed by atoms with Crippen molar-refractivity contribution in [2.45, 2.75) is 65.8 Å². The third kappa shape index (κ3) is 4.49. The number of fused-ring (bicyclic) bond motifs is 1. The Morgan fingerprint density at radius 2 is 2.04 bits per heavy atom. The Morgan fingerprint density at radius 1 is 1.29 bits per heavy atom. The summed E-state index contributed by atoms with van der Waals surface area (Å²) in [5.41, 5.74) is 2.87. The predicted octanol–water partition coefficient (Wildman–Crippen LogP) is 4.04. The van der Waals surface area contributed by atoms with Crippen LogP contribution in [-0.2, 0) is 11.8 Å². The first-order chi connectivity index (χ1) is 13.1. The van der Waals surface area contributed by atoms with Crippen LogP contribution in [0.25, 0.3) is 0 Å². The zero-order chi connectivity index (χ0) is 20.5. The number of nitrogens with one attached hydrogen (secondary N) is 2. The molecule has 0 saturated heterocycles. The molecule has 6 nitrogen and oxygen atoms in total. The maximum Gasteiger partial charge on any atom is 0.251 e. The van der Waals surface area contributed by atoms with Gasteiger partial charge in [-0.25, -0.2) is 15.0 Å². The van der Waals surface area contributed by atoms with E-state index < -0.39 is 0 Å². The molecule has 0 fully saturated rings. The van der Waals surface area contributed by atoms with E-state index in [1.165, 1.54) is 0 Å². The summed E-state index contributed by atoms with van der Waals surface area (Å²) in [5.74, 6) is 1.48. The molecule has 2 aromatic heterocycles. The van der Waals surface area contributed by atoms with Gasteiger partial charge in [-0.3, -0.25) is 4.79 Å². The highest BCUT2D eigenvalue weighted by Gasteiger charge is 2.34. The lowest BCUT2D eigenvalue weighted by molar-refractivity contribution is 0.0955. The van der Waals surface area contributed by atoms with Gasteiger partial charge in [0.1, 0.15) is 11.6 Å². The van der Waals surface area contributed by atoms with E-state index >= 15 is 0 Å². The highest BCUT2D eigenvalue weighted by atomic mass is 16.1. The molecular weight excluding hydrogens is 350 g/mol. The first-order valence-corrected chi connectivity index (χ1v) is 9.96. The lowest BCUT2D eigenvalue weighted by Crippen LogP contribution is -2.32. The van der Waals surface area contributed by atoms with Crippen LogP contribution in [0.1, 0.15) is 81.4 Å². The van der Waals surface area contributed by atoms with Crippen molar-refractivity contribution in [3.8, 4) is 0 Å². The summed E-state index contributed by atoms with van der Waals surface area (Å²) in [7, 11) is 0. The molecule has 0 aliphatic heterocycles. The number of rotatable bonds is 4. The number of hydrogen-bond acceptors (Lipinski definition) is 5. The molecule has 0 bridgehead atoms. The summed E-state index contributed by atoms with van der Waals surface area (Å²) in [4.78, 5) is 26.1. The monoisotopic (exact) mass is 381 g/mol. The van der Waals surface area contributed by atoms with Gasteiger partial charge in [-0.15, -0.1) is 0 Å². The van der Waals surface area contributed by atoms with Gasteiger partial charge in [0.15, 0.2) is 0 Å². The van der Waals surface area contributed by atoms with E-state index in [4.69, 9.17) is 4.98 Å². The second-order valence-corrected chi connectivity index (χ2v) is 9.38. The van der Waals surface area contributed by atoms with Crippen molar-refractivity contribution in [1.82, 2.24) is 20.3 Å². The number of hydrogen-bond donors (Lipinski definition) is 2. The van der Waals surface area contributed by atoms with Crippen molar-refractivity contribution in [3.63, 3.8) is 0 Å². The molecule has 6 heteroatoms. The van der Waals surface area contributed by atoms with E-state index in [0.717, 1.165) is 29.9 Å². The zero-order valence-corrected chi connectivity index (χ0v) is 17.8. The summed E-state index contributed by atoms with van der Waals surface area (Å²) in [6, 6.07) is 3.59. The fraction of sp³-hybridized carbons (Fsp3) is 0.545. The smallest absolute Gasteiger partial charge is 0.251 e. The van der Waals surface area contributed by atoms with Gasteiger partial charge in [-0.05, 0) is 37.3 Å². The van der Waals surface area contributed by atoms with Gasteiger partial charge in [0, 0.05) is 41.2 Å². The summed E-state index contributed by atoms with van der Waals surface area (Å²) < 4.78 is 0.